The van der Waals surface area contributed by atoms with E-state index in [1.54, 1.807) is 4.73 Å². The van der Waals surface area contributed by atoms with Gasteiger partial charge in [0.25, 0.3) is 0 Å². The minimum atomic E-state index is -0.439. The molecule has 166 valence electrons. The number of hydrogen-bond acceptors (Lipinski definition) is 4. The van der Waals surface area contributed by atoms with Crippen LogP contribution >= 0.6 is 0 Å². The molecule has 0 N–H and O–H groups in total. The molecule has 1 aromatic heterocycles. The number of carbonyl (C=O) groups is 1. The number of ether oxygens (including phenoxy) is 2. The van der Waals surface area contributed by atoms with Crippen LogP contribution in [0.5, 0.6) is 5.75 Å². The molecule has 0 atom stereocenters. The molecular weight excluding hydrogens is 392 g/mol. The maximum absolute atomic E-state index is 12.2. The lowest BCUT2D eigenvalue weighted by Crippen LogP contribution is -2.60. The fourth-order valence-corrected chi connectivity index (χ4v) is 4.34. The normalized spacial score (nSPS) is 18.4. The van der Waals surface area contributed by atoms with E-state index in [9.17, 15) is 4.79 Å². The molecule has 6 nitrogen and oxygen atoms in total. The van der Waals surface area contributed by atoms with Gasteiger partial charge in [-0.3, -0.25) is 4.84 Å². The van der Waals surface area contributed by atoms with Crippen LogP contribution in [0, 0.1) is 5.41 Å². The summed E-state index contributed by atoms with van der Waals surface area (Å²) >= 11 is 0. The van der Waals surface area contributed by atoms with E-state index in [2.05, 4.69) is 0 Å². The third kappa shape index (κ3) is 5.69. The SMILES string of the molecule is CC(C)(C)OC(=O)N1CC2(CCC(Oc3cc[n+](OCc4ccccc4)cc3)CC2)C1. The number of carbonyl (C=O) groups excluding carboxylic acids is 1. The van der Waals surface area contributed by atoms with Gasteiger partial charge in [0.2, 0.25) is 12.4 Å². The van der Waals surface area contributed by atoms with E-state index in [1.807, 2.05) is 80.5 Å². The average Bonchev–Trinajstić information content (AvgIpc) is 2.72. The van der Waals surface area contributed by atoms with Crippen molar-refractivity contribution < 1.29 is 23.8 Å². The molecule has 0 bridgehead atoms. The Morgan fingerprint density at radius 2 is 1.71 bits per heavy atom. The predicted octanol–water partition coefficient (Wildman–Crippen LogP) is 4.16. The van der Waals surface area contributed by atoms with Crippen LogP contribution in [0.1, 0.15) is 52.0 Å². The molecule has 31 heavy (non-hydrogen) atoms. The quantitative estimate of drug-likeness (QED) is 0.675. The summed E-state index contributed by atoms with van der Waals surface area (Å²) in [5.74, 6) is 0.865. The summed E-state index contributed by atoms with van der Waals surface area (Å²) in [6, 6.07) is 14.0. The molecule has 2 aliphatic rings. The lowest BCUT2D eigenvalue weighted by Gasteiger charge is -2.53. The topological polar surface area (TPSA) is 51.9 Å². The van der Waals surface area contributed by atoms with E-state index in [4.69, 9.17) is 14.3 Å². The predicted molar refractivity (Wildman–Crippen MR) is 116 cm³/mol. The summed E-state index contributed by atoms with van der Waals surface area (Å²) in [6.45, 7) is 7.85. The first-order chi connectivity index (χ1) is 14.8. The number of nitrogens with zero attached hydrogens (tertiary/aromatic N) is 2. The van der Waals surface area contributed by atoms with E-state index >= 15 is 0 Å². The zero-order chi connectivity index (χ0) is 21.9. The molecule has 0 radical (unpaired) electrons. The van der Waals surface area contributed by atoms with E-state index in [-0.39, 0.29) is 17.6 Å². The Labute approximate surface area is 184 Å². The highest BCUT2D eigenvalue weighted by atomic mass is 16.7. The van der Waals surface area contributed by atoms with Crippen molar-refractivity contribution in [1.82, 2.24) is 4.90 Å². The number of likely N-dealkylation sites (tertiary alicyclic amines) is 1. The van der Waals surface area contributed by atoms with Gasteiger partial charge in [-0.2, -0.15) is 0 Å². The van der Waals surface area contributed by atoms with Gasteiger partial charge in [0.15, 0.2) is 6.61 Å². The molecular formula is C25H33N2O4+. The number of hydrogen-bond donors (Lipinski definition) is 0. The number of rotatable bonds is 5. The fourth-order valence-electron chi connectivity index (χ4n) is 4.34. The van der Waals surface area contributed by atoms with Crippen LogP contribution in [0.3, 0.4) is 0 Å². The van der Waals surface area contributed by atoms with Crippen LogP contribution < -0.4 is 14.3 Å². The largest absolute Gasteiger partial charge is 0.490 e. The second kappa shape index (κ2) is 8.77. The summed E-state index contributed by atoms with van der Waals surface area (Å²) in [6.07, 6.45) is 8.00. The third-order valence-corrected chi connectivity index (χ3v) is 5.99. The minimum absolute atomic E-state index is 0.191. The Morgan fingerprint density at radius 1 is 1.06 bits per heavy atom. The summed E-state index contributed by atoms with van der Waals surface area (Å²) in [7, 11) is 0. The molecule has 1 amide bonds. The number of aromatic nitrogens is 1. The van der Waals surface area contributed by atoms with Crippen molar-refractivity contribution >= 4 is 6.09 Å². The van der Waals surface area contributed by atoms with Crippen molar-refractivity contribution in [2.45, 2.75) is 64.8 Å². The van der Waals surface area contributed by atoms with Gasteiger partial charge in [0, 0.05) is 35.4 Å². The Kier molecular flexibility index (Phi) is 6.08. The maximum Gasteiger partial charge on any atom is 0.410 e. The third-order valence-electron chi connectivity index (χ3n) is 5.99. The molecule has 1 aliphatic heterocycles. The van der Waals surface area contributed by atoms with Gasteiger partial charge in [-0.05, 0) is 52.0 Å². The fraction of sp³-hybridized carbons (Fsp3) is 0.520. The van der Waals surface area contributed by atoms with Crippen molar-refractivity contribution in [1.29, 1.82) is 0 Å². The highest BCUT2D eigenvalue weighted by Crippen LogP contribution is 2.45. The Bertz CT molecular complexity index is 861. The van der Waals surface area contributed by atoms with Gasteiger partial charge in [0.05, 0.1) is 6.10 Å². The zero-order valence-electron chi connectivity index (χ0n) is 18.8. The molecule has 4 rings (SSSR count). The number of benzene rings is 1. The first-order valence-electron chi connectivity index (χ1n) is 11.1. The highest BCUT2D eigenvalue weighted by Gasteiger charge is 2.48. The van der Waals surface area contributed by atoms with Crippen LogP contribution in [0.2, 0.25) is 0 Å². The summed E-state index contributed by atoms with van der Waals surface area (Å²) in [4.78, 5) is 19.8. The van der Waals surface area contributed by atoms with Gasteiger partial charge in [-0.25, -0.2) is 4.79 Å². The first-order valence-corrected chi connectivity index (χ1v) is 11.1. The minimum Gasteiger partial charge on any atom is -0.490 e. The molecule has 0 unspecified atom stereocenters. The highest BCUT2D eigenvalue weighted by molar-refractivity contribution is 5.69. The van der Waals surface area contributed by atoms with Crippen LogP contribution in [0.4, 0.5) is 4.79 Å². The van der Waals surface area contributed by atoms with Gasteiger partial charge < -0.3 is 14.4 Å². The van der Waals surface area contributed by atoms with E-state index in [0.29, 0.717) is 6.61 Å². The summed E-state index contributed by atoms with van der Waals surface area (Å²) < 4.78 is 13.4. The van der Waals surface area contributed by atoms with E-state index < -0.39 is 5.60 Å². The second-order valence-electron chi connectivity index (χ2n) is 9.81. The van der Waals surface area contributed by atoms with Crippen LogP contribution in [0.25, 0.3) is 0 Å². The van der Waals surface area contributed by atoms with Crippen molar-refractivity contribution in [3.8, 4) is 5.75 Å². The molecule has 6 heteroatoms. The van der Waals surface area contributed by atoms with E-state index in [1.165, 1.54) is 0 Å². The lowest BCUT2D eigenvalue weighted by molar-refractivity contribution is -0.895. The Hall–Kier alpha value is -2.76. The molecule has 1 aliphatic carbocycles. The van der Waals surface area contributed by atoms with Gasteiger partial charge in [-0.1, -0.05) is 30.3 Å². The van der Waals surface area contributed by atoms with Gasteiger partial charge >= 0.3 is 6.09 Å². The molecule has 1 aromatic carbocycles. The number of pyridine rings is 1. The van der Waals surface area contributed by atoms with Crippen molar-refractivity contribution in [3.63, 3.8) is 0 Å². The van der Waals surface area contributed by atoms with Crippen molar-refractivity contribution in [2.24, 2.45) is 5.41 Å². The summed E-state index contributed by atoms with van der Waals surface area (Å²) in [5.41, 5.74) is 0.945. The van der Waals surface area contributed by atoms with Crippen LogP contribution in [0.15, 0.2) is 54.9 Å². The molecule has 1 spiro atoms. The molecule has 2 aromatic rings. The molecule has 2 heterocycles. The second-order valence-corrected chi connectivity index (χ2v) is 9.81. The first kappa shape index (κ1) is 21.5. The maximum atomic E-state index is 12.2. The zero-order valence-corrected chi connectivity index (χ0v) is 18.8. The van der Waals surface area contributed by atoms with Crippen LogP contribution in [-0.2, 0) is 11.3 Å². The number of amides is 1. The smallest absolute Gasteiger partial charge is 0.410 e. The van der Waals surface area contributed by atoms with E-state index in [0.717, 1.165) is 50.1 Å². The summed E-state index contributed by atoms with van der Waals surface area (Å²) in [5, 5.41) is 0. The molecule has 1 saturated carbocycles. The molecule has 2 fully saturated rings. The lowest BCUT2D eigenvalue weighted by atomic mass is 9.68. The van der Waals surface area contributed by atoms with Crippen LogP contribution in [-0.4, -0.2) is 35.8 Å². The average molecular weight is 426 g/mol. The Morgan fingerprint density at radius 3 is 2.32 bits per heavy atom. The van der Waals surface area contributed by atoms with Crippen molar-refractivity contribution in [2.75, 3.05) is 13.1 Å². The standard InChI is InChI=1S/C25H33N2O4/c1-24(2,3)31-23(28)26-18-25(19-26)13-9-21(10-14-25)30-22-11-15-27(16-12-22)29-17-20-7-5-4-6-8-20/h4-8,11-12,15-16,21H,9-10,13-14,17-19H2,1-3H3/q+1. The molecule has 1 saturated heterocycles. The van der Waals surface area contributed by atoms with Gasteiger partial charge in [-0.15, -0.1) is 0 Å². The van der Waals surface area contributed by atoms with Gasteiger partial charge in [0.1, 0.15) is 11.4 Å². The monoisotopic (exact) mass is 425 g/mol. The van der Waals surface area contributed by atoms with Crippen molar-refractivity contribution in [3.05, 3.63) is 60.4 Å². The Balaban J connectivity index is 1.19.